The van der Waals surface area contributed by atoms with Crippen LogP contribution in [0, 0.1) is 13.8 Å². The van der Waals surface area contributed by atoms with Crippen molar-refractivity contribution in [3.8, 4) is 0 Å². The topological polar surface area (TPSA) is 72.3 Å². The smallest absolute Gasteiger partial charge is 0.139 e. The first-order valence-electron chi connectivity index (χ1n) is 4.47. The molecule has 0 aliphatic carbocycles. The van der Waals surface area contributed by atoms with E-state index in [1.807, 2.05) is 6.92 Å². The SMILES string of the molecule is Cc1noc(C)c1C(O)CCCN. The van der Waals surface area contributed by atoms with Crippen molar-refractivity contribution in [2.45, 2.75) is 32.8 Å². The second-order valence-corrected chi connectivity index (χ2v) is 3.18. The summed E-state index contributed by atoms with van der Waals surface area (Å²) < 4.78 is 4.96. The molecular weight excluding hydrogens is 168 g/mol. The summed E-state index contributed by atoms with van der Waals surface area (Å²) in [4.78, 5) is 0. The average molecular weight is 184 g/mol. The molecule has 1 rings (SSSR count). The van der Waals surface area contributed by atoms with Crippen LogP contribution in [0.5, 0.6) is 0 Å². The number of nitrogens with two attached hydrogens (primary N) is 1. The predicted octanol–water partition coefficient (Wildman–Crippen LogP) is 1.06. The van der Waals surface area contributed by atoms with Crippen molar-refractivity contribution in [2.24, 2.45) is 5.73 Å². The summed E-state index contributed by atoms with van der Waals surface area (Å²) in [5.41, 5.74) is 6.94. The molecular formula is C9H16N2O2. The van der Waals surface area contributed by atoms with Crippen LogP contribution in [0.25, 0.3) is 0 Å². The van der Waals surface area contributed by atoms with E-state index < -0.39 is 6.10 Å². The molecule has 1 heterocycles. The molecule has 1 atom stereocenters. The minimum Gasteiger partial charge on any atom is -0.388 e. The zero-order valence-corrected chi connectivity index (χ0v) is 8.08. The van der Waals surface area contributed by atoms with Crippen LogP contribution in [-0.2, 0) is 0 Å². The van der Waals surface area contributed by atoms with E-state index in [0.29, 0.717) is 18.7 Å². The van der Waals surface area contributed by atoms with Crippen LogP contribution in [0.2, 0.25) is 0 Å². The quantitative estimate of drug-likeness (QED) is 0.734. The largest absolute Gasteiger partial charge is 0.388 e. The van der Waals surface area contributed by atoms with E-state index in [9.17, 15) is 5.11 Å². The summed E-state index contributed by atoms with van der Waals surface area (Å²) in [6.45, 7) is 4.24. The van der Waals surface area contributed by atoms with Crippen molar-refractivity contribution < 1.29 is 9.63 Å². The Morgan fingerprint density at radius 2 is 2.23 bits per heavy atom. The Morgan fingerprint density at radius 1 is 1.54 bits per heavy atom. The lowest BCUT2D eigenvalue weighted by Crippen LogP contribution is -2.05. The highest BCUT2D eigenvalue weighted by atomic mass is 16.5. The van der Waals surface area contributed by atoms with Crippen molar-refractivity contribution in [1.82, 2.24) is 5.16 Å². The number of aliphatic hydroxyl groups is 1. The van der Waals surface area contributed by atoms with Crippen LogP contribution < -0.4 is 5.73 Å². The van der Waals surface area contributed by atoms with Crippen molar-refractivity contribution in [2.75, 3.05) is 6.54 Å². The van der Waals surface area contributed by atoms with Gasteiger partial charge in [-0.15, -0.1) is 0 Å². The Balaban J connectivity index is 2.69. The van der Waals surface area contributed by atoms with Gasteiger partial charge in [0.05, 0.1) is 11.8 Å². The van der Waals surface area contributed by atoms with E-state index in [1.165, 1.54) is 0 Å². The predicted molar refractivity (Wildman–Crippen MR) is 49.2 cm³/mol. The maximum Gasteiger partial charge on any atom is 0.139 e. The second kappa shape index (κ2) is 4.39. The summed E-state index contributed by atoms with van der Waals surface area (Å²) >= 11 is 0. The van der Waals surface area contributed by atoms with Crippen LogP contribution in [0.1, 0.15) is 36.0 Å². The van der Waals surface area contributed by atoms with E-state index in [1.54, 1.807) is 6.92 Å². The lowest BCUT2D eigenvalue weighted by Gasteiger charge is -2.08. The van der Waals surface area contributed by atoms with E-state index in [4.69, 9.17) is 10.3 Å². The molecule has 0 aliphatic rings. The monoisotopic (exact) mass is 184 g/mol. The van der Waals surface area contributed by atoms with Crippen LogP contribution in [0.4, 0.5) is 0 Å². The van der Waals surface area contributed by atoms with E-state index in [-0.39, 0.29) is 0 Å². The number of aromatic nitrogens is 1. The Labute approximate surface area is 77.7 Å². The van der Waals surface area contributed by atoms with Gasteiger partial charge in [-0.1, -0.05) is 5.16 Å². The summed E-state index contributed by atoms with van der Waals surface area (Å²) in [5.74, 6) is 0.696. The van der Waals surface area contributed by atoms with Gasteiger partial charge in [-0.2, -0.15) is 0 Å². The molecule has 0 bridgehead atoms. The highest BCUT2D eigenvalue weighted by molar-refractivity contribution is 5.23. The maximum absolute atomic E-state index is 9.75. The second-order valence-electron chi connectivity index (χ2n) is 3.18. The van der Waals surface area contributed by atoms with Crippen LogP contribution in [0.15, 0.2) is 4.52 Å². The lowest BCUT2D eigenvalue weighted by molar-refractivity contribution is 0.163. The third kappa shape index (κ3) is 2.29. The Bertz CT molecular complexity index is 251. The van der Waals surface area contributed by atoms with Crippen LogP contribution >= 0.6 is 0 Å². The minimum absolute atomic E-state index is 0.491. The Kier molecular flexibility index (Phi) is 3.45. The molecule has 13 heavy (non-hydrogen) atoms. The molecule has 0 saturated carbocycles. The zero-order valence-electron chi connectivity index (χ0n) is 8.08. The number of rotatable bonds is 4. The van der Waals surface area contributed by atoms with Gasteiger partial charge in [0, 0.05) is 5.56 Å². The molecule has 4 nitrogen and oxygen atoms in total. The van der Waals surface area contributed by atoms with E-state index >= 15 is 0 Å². The molecule has 0 aliphatic heterocycles. The number of hydrogen-bond donors (Lipinski definition) is 2. The molecule has 0 amide bonds. The van der Waals surface area contributed by atoms with Gasteiger partial charge >= 0.3 is 0 Å². The van der Waals surface area contributed by atoms with Crippen molar-refractivity contribution >= 4 is 0 Å². The molecule has 0 fully saturated rings. The molecule has 1 aromatic rings. The fourth-order valence-corrected chi connectivity index (χ4v) is 1.42. The van der Waals surface area contributed by atoms with Crippen molar-refractivity contribution in [3.05, 3.63) is 17.0 Å². The molecule has 0 aromatic carbocycles. The summed E-state index contributed by atoms with van der Waals surface area (Å²) in [6, 6.07) is 0. The van der Waals surface area contributed by atoms with Gasteiger partial charge < -0.3 is 15.4 Å². The fourth-order valence-electron chi connectivity index (χ4n) is 1.42. The number of aliphatic hydroxyl groups excluding tert-OH is 1. The fraction of sp³-hybridized carbons (Fsp3) is 0.667. The van der Waals surface area contributed by atoms with Crippen LogP contribution in [0.3, 0.4) is 0 Å². The molecule has 0 saturated heterocycles. The molecule has 74 valence electrons. The first-order valence-corrected chi connectivity index (χ1v) is 4.47. The molecule has 3 N–H and O–H groups in total. The highest BCUT2D eigenvalue weighted by Crippen LogP contribution is 2.24. The third-order valence-electron chi connectivity index (χ3n) is 2.10. The number of aryl methyl sites for hydroxylation is 2. The number of hydrogen-bond acceptors (Lipinski definition) is 4. The zero-order chi connectivity index (χ0) is 9.84. The summed E-state index contributed by atoms with van der Waals surface area (Å²) in [6.07, 6.45) is 0.986. The highest BCUT2D eigenvalue weighted by Gasteiger charge is 2.16. The molecule has 4 heteroatoms. The third-order valence-corrected chi connectivity index (χ3v) is 2.10. The van der Waals surface area contributed by atoms with E-state index in [2.05, 4.69) is 5.16 Å². The standard InChI is InChI=1S/C9H16N2O2/c1-6-9(7(2)13-11-6)8(12)4-3-5-10/h8,12H,3-5,10H2,1-2H3. The van der Waals surface area contributed by atoms with Gasteiger partial charge in [0.2, 0.25) is 0 Å². The first kappa shape index (κ1) is 10.2. The van der Waals surface area contributed by atoms with Crippen LogP contribution in [-0.4, -0.2) is 16.8 Å². The minimum atomic E-state index is -0.491. The average Bonchev–Trinajstić information content (AvgIpc) is 2.42. The summed E-state index contributed by atoms with van der Waals surface area (Å²) in [5, 5.41) is 13.5. The number of nitrogens with zero attached hydrogens (tertiary/aromatic N) is 1. The van der Waals surface area contributed by atoms with Gasteiger partial charge in [-0.05, 0) is 33.2 Å². The molecule has 0 spiro atoms. The van der Waals surface area contributed by atoms with Gasteiger partial charge in [0.25, 0.3) is 0 Å². The Hall–Kier alpha value is -0.870. The molecule has 0 radical (unpaired) electrons. The first-order chi connectivity index (χ1) is 6.16. The van der Waals surface area contributed by atoms with Gasteiger partial charge in [0.1, 0.15) is 5.76 Å². The van der Waals surface area contributed by atoms with Gasteiger partial charge in [-0.3, -0.25) is 0 Å². The molecule has 1 aromatic heterocycles. The van der Waals surface area contributed by atoms with Crippen molar-refractivity contribution in [1.29, 1.82) is 0 Å². The normalized spacial score (nSPS) is 13.2. The molecule has 1 unspecified atom stereocenters. The lowest BCUT2D eigenvalue weighted by atomic mass is 10.0. The van der Waals surface area contributed by atoms with E-state index in [0.717, 1.165) is 17.7 Å². The summed E-state index contributed by atoms with van der Waals surface area (Å²) in [7, 11) is 0. The van der Waals surface area contributed by atoms with Gasteiger partial charge in [-0.25, -0.2) is 0 Å². The van der Waals surface area contributed by atoms with Crippen molar-refractivity contribution in [3.63, 3.8) is 0 Å². The van der Waals surface area contributed by atoms with Gasteiger partial charge in [0.15, 0.2) is 0 Å². The maximum atomic E-state index is 9.75. The Morgan fingerprint density at radius 3 is 2.69 bits per heavy atom.